The van der Waals surface area contributed by atoms with Crippen molar-refractivity contribution in [1.82, 2.24) is 5.32 Å². The number of nitrogens with one attached hydrogen (secondary N) is 1. The highest BCUT2D eigenvalue weighted by Crippen LogP contribution is 2.25. The van der Waals surface area contributed by atoms with Crippen LogP contribution in [0, 0.1) is 6.92 Å². The van der Waals surface area contributed by atoms with E-state index in [9.17, 15) is 4.79 Å². The Bertz CT molecular complexity index is 892. The maximum atomic E-state index is 12.8. The van der Waals surface area contributed by atoms with Gasteiger partial charge in [-0.15, -0.1) is 0 Å². The van der Waals surface area contributed by atoms with Crippen LogP contribution in [-0.4, -0.2) is 25.2 Å². The SMILES string of the molecule is COCc1cc(/C=C2/NC(=S)N(c3cccc(C)c3)C2=O)ccc1OC. The first-order valence-corrected chi connectivity index (χ1v) is 8.54. The lowest BCUT2D eigenvalue weighted by molar-refractivity contribution is -0.113. The molecule has 1 heterocycles. The Morgan fingerprint density at radius 2 is 2.00 bits per heavy atom. The normalized spacial score (nSPS) is 15.5. The molecule has 0 radical (unpaired) electrons. The Kier molecular flexibility index (Phi) is 5.35. The molecule has 6 heteroatoms. The highest BCUT2D eigenvalue weighted by Gasteiger charge is 2.31. The number of aryl methyl sites for hydroxylation is 1. The average molecular weight is 368 g/mol. The van der Waals surface area contributed by atoms with Gasteiger partial charge in [-0.3, -0.25) is 9.69 Å². The molecule has 0 spiro atoms. The van der Waals surface area contributed by atoms with Crippen molar-refractivity contribution < 1.29 is 14.3 Å². The van der Waals surface area contributed by atoms with E-state index in [1.165, 1.54) is 4.90 Å². The van der Waals surface area contributed by atoms with Crippen LogP contribution < -0.4 is 15.0 Å². The molecule has 1 aliphatic rings. The molecule has 1 saturated heterocycles. The Morgan fingerprint density at radius 3 is 2.69 bits per heavy atom. The molecule has 26 heavy (non-hydrogen) atoms. The van der Waals surface area contributed by atoms with Gasteiger partial charge in [-0.1, -0.05) is 18.2 Å². The van der Waals surface area contributed by atoms with Crippen molar-refractivity contribution in [1.29, 1.82) is 0 Å². The van der Waals surface area contributed by atoms with E-state index in [4.69, 9.17) is 21.7 Å². The van der Waals surface area contributed by atoms with Gasteiger partial charge in [0.25, 0.3) is 5.91 Å². The zero-order valence-electron chi connectivity index (χ0n) is 14.9. The fourth-order valence-electron chi connectivity index (χ4n) is 2.86. The molecule has 0 aromatic heterocycles. The number of rotatable bonds is 5. The monoisotopic (exact) mass is 368 g/mol. The van der Waals surface area contributed by atoms with Gasteiger partial charge in [-0.2, -0.15) is 0 Å². The summed E-state index contributed by atoms with van der Waals surface area (Å²) < 4.78 is 10.5. The molecular weight excluding hydrogens is 348 g/mol. The molecule has 3 rings (SSSR count). The minimum absolute atomic E-state index is 0.176. The lowest BCUT2D eigenvalue weighted by Gasteiger charge is -2.14. The topological polar surface area (TPSA) is 50.8 Å². The number of hydrogen-bond donors (Lipinski definition) is 1. The summed E-state index contributed by atoms with van der Waals surface area (Å²) in [6.07, 6.45) is 1.78. The Morgan fingerprint density at radius 1 is 1.19 bits per heavy atom. The number of methoxy groups -OCH3 is 2. The van der Waals surface area contributed by atoms with E-state index in [-0.39, 0.29) is 5.91 Å². The maximum absolute atomic E-state index is 12.8. The molecule has 0 saturated carbocycles. The number of thiocarbonyl (C=S) groups is 1. The van der Waals surface area contributed by atoms with Gasteiger partial charge in [0.15, 0.2) is 5.11 Å². The van der Waals surface area contributed by atoms with Crippen LogP contribution in [0.15, 0.2) is 48.2 Å². The average Bonchev–Trinajstić information content (AvgIpc) is 2.89. The maximum Gasteiger partial charge on any atom is 0.281 e. The number of ether oxygens (including phenoxy) is 2. The van der Waals surface area contributed by atoms with Gasteiger partial charge in [0.2, 0.25) is 0 Å². The van der Waals surface area contributed by atoms with Crippen LogP contribution in [0.1, 0.15) is 16.7 Å². The molecule has 1 aliphatic heterocycles. The molecule has 2 aromatic carbocycles. The van der Waals surface area contributed by atoms with Gasteiger partial charge in [0.1, 0.15) is 11.4 Å². The van der Waals surface area contributed by atoms with E-state index in [0.29, 0.717) is 17.4 Å². The second kappa shape index (κ2) is 7.68. The first kappa shape index (κ1) is 18.1. The van der Waals surface area contributed by atoms with E-state index in [2.05, 4.69) is 5.32 Å². The zero-order valence-corrected chi connectivity index (χ0v) is 15.7. The summed E-state index contributed by atoms with van der Waals surface area (Å²) in [4.78, 5) is 14.3. The van der Waals surface area contributed by atoms with Gasteiger partial charge in [0.05, 0.1) is 19.4 Å². The molecule has 0 atom stereocenters. The molecule has 5 nitrogen and oxygen atoms in total. The van der Waals surface area contributed by atoms with Crippen molar-refractivity contribution in [3.05, 3.63) is 64.9 Å². The van der Waals surface area contributed by atoms with Gasteiger partial charge in [0, 0.05) is 12.7 Å². The summed E-state index contributed by atoms with van der Waals surface area (Å²) in [6.45, 7) is 2.40. The van der Waals surface area contributed by atoms with Crippen molar-refractivity contribution >= 4 is 35.0 Å². The molecule has 134 valence electrons. The van der Waals surface area contributed by atoms with Gasteiger partial charge in [-0.05, 0) is 60.6 Å². The minimum Gasteiger partial charge on any atom is -0.496 e. The molecular formula is C20H20N2O3S. The number of nitrogens with zero attached hydrogens (tertiary/aromatic N) is 1. The standard InChI is InChI=1S/C20H20N2O3S/c1-13-5-4-6-16(9-13)22-19(23)17(21-20(22)26)11-14-7-8-18(25-3)15(10-14)12-24-2/h4-11H,12H2,1-3H3,(H,21,26)/b17-11+. The second-order valence-corrected chi connectivity index (χ2v) is 6.36. The number of carbonyl (C=O) groups excluding carboxylic acids is 1. The molecule has 0 bridgehead atoms. The minimum atomic E-state index is -0.176. The highest BCUT2D eigenvalue weighted by molar-refractivity contribution is 7.80. The van der Waals surface area contributed by atoms with Crippen molar-refractivity contribution in [3.63, 3.8) is 0 Å². The van der Waals surface area contributed by atoms with Crippen LogP contribution in [0.3, 0.4) is 0 Å². The van der Waals surface area contributed by atoms with E-state index in [0.717, 1.165) is 28.1 Å². The number of anilines is 1. The fraction of sp³-hybridized carbons (Fsp3) is 0.200. The molecule has 1 amide bonds. The fourth-order valence-corrected chi connectivity index (χ4v) is 3.16. The van der Waals surface area contributed by atoms with E-state index in [1.54, 1.807) is 20.3 Å². The third kappa shape index (κ3) is 3.61. The lowest BCUT2D eigenvalue weighted by atomic mass is 10.1. The predicted molar refractivity (Wildman–Crippen MR) is 106 cm³/mol. The Hall–Kier alpha value is -2.70. The summed E-state index contributed by atoms with van der Waals surface area (Å²) in [5.74, 6) is 0.571. The zero-order chi connectivity index (χ0) is 18.7. The molecule has 0 aliphatic carbocycles. The number of amides is 1. The quantitative estimate of drug-likeness (QED) is 0.647. The van der Waals surface area contributed by atoms with E-state index >= 15 is 0 Å². The highest BCUT2D eigenvalue weighted by atomic mass is 32.1. The summed E-state index contributed by atoms with van der Waals surface area (Å²) in [5, 5.41) is 3.38. The van der Waals surface area contributed by atoms with E-state index in [1.807, 2.05) is 49.4 Å². The third-order valence-corrected chi connectivity index (χ3v) is 4.34. The number of benzene rings is 2. The summed E-state index contributed by atoms with van der Waals surface area (Å²) in [7, 11) is 3.25. The van der Waals surface area contributed by atoms with Crippen molar-refractivity contribution in [3.8, 4) is 5.75 Å². The van der Waals surface area contributed by atoms with Crippen LogP contribution in [0.25, 0.3) is 6.08 Å². The van der Waals surface area contributed by atoms with Gasteiger partial charge >= 0.3 is 0 Å². The number of carbonyl (C=O) groups is 1. The summed E-state index contributed by atoms with van der Waals surface area (Å²) >= 11 is 5.36. The van der Waals surface area contributed by atoms with E-state index < -0.39 is 0 Å². The molecule has 1 N–H and O–H groups in total. The van der Waals surface area contributed by atoms with Crippen molar-refractivity contribution in [2.75, 3.05) is 19.1 Å². The number of hydrogen-bond acceptors (Lipinski definition) is 4. The summed E-state index contributed by atoms with van der Waals surface area (Å²) in [6, 6.07) is 13.4. The smallest absolute Gasteiger partial charge is 0.281 e. The van der Waals surface area contributed by atoms with Crippen LogP contribution >= 0.6 is 12.2 Å². The Balaban J connectivity index is 1.92. The van der Waals surface area contributed by atoms with Crippen molar-refractivity contribution in [2.24, 2.45) is 0 Å². The van der Waals surface area contributed by atoms with Gasteiger partial charge < -0.3 is 14.8 Å². The van der Waals surface area contributed by atoms with Gasteiger partial charge in [-0.25, -0.2) is 0 Å². The Labute approximate surface area is 158 Å². The lowest BCUT2D eigenvalue weighted by Crippen LogP contribution is -2.30. The first-order chi connectivity index (χ1) is 12.5. The van der Waals surface area contributed by atoms with Crippen LogP contribution in [0.4, 0.5) is 5.69 Å². The second-order valence-electron chi connectivity index (χ2n) is 5.97. The van der Waals surface area contributed by atoms with Crippen LogP contribution in [0.5, 0.6) is 5.75 Å². The largest absolute Gasteiger partial charge is 0.496 e. The molecule has 0 unspecified atom stereocenters. The third-order valence-electron chi connectivity index (χ3n) is 4.05. The van der Waals surface area contributed by atoms with Crippen molar-refractivity contribution in [2.45, 2.75) is 13.5 Å². The molecule has 2 aromatic rings. The first-order valence-electron chi connectivity index (χ1n) is 8.13. The summed E-state index contributed by atoms with van der Waals surface area (Å²) in [5.41, 5.74) is 4.03. The van der Waals surface area contributed by atoms with Crippen LogP contribution in [0.2, 0.25) is 0 Å². The molecule has 1 fully saturated rings. The predicted octanol–water partition coefficient (Wildman–Crippen LogP) is 3.41. The van der Waals surface area contributed by atoms with Crippen LogP contribution in [-0.2, 0) is 16.1 Å².